The molecule has 1 atom stereocenters. The number of methoxy groups -OCH3 is 1. The van der Waals surface area contributed by atoms with Gasteiger partial charge in [-0.05, 0) is 44.0 Å². The normalized spacial score (nSPS) is 17.6. The second kappa shape index (κ2) is 7.82. The molecule has 1 saturated heterocycles. The molecule has 1 aliphatic rings. The Labute approximate surface area is 146 Å². The SMILES string of the molecule is COC(=O)NC[C@H](C)CN1CCC(c2noc3cc(F)ccc23)CC1. The molecule has 1 aliphatic heterocycles. The number of ether oxygens (including phenoxy) is 1. The molecule has 136 valence electrons. The molecule has 7 heteroatoms. The van der Waals surface area contributed by atoms with Crippen molar-refractivity contribution in [2.24, 2.45) is 5.92 Å². The van der Waals surface area contributed by atoms with E-state index in [1.165, 1.54) is 19.2 Å². The molecule has 1 amide bonds. The molecule has 0 saturated carbocycles. The van der Waals surface area contributed by atoms with Crippen molar-refractivity contribution in [3.8, 4) is 0 Å². The van der Waals surface area contributed by atoms with Gasteiger partial charge >= 0.3 is 6.09 Å². The maximum absolute atomic E-state index is 13.3. The Kier molecular flexibility index (Phi) is 5.53. The Morgan fingerprint density at radius 3 is 2.96 bits per heavy atom. The predicted molar refractivity (Wildman–Crippen MR) is 92.0 cm³/mol. The molecule has 0 unspecified atom stereocenters. The van der Waals surface area contributed by atoms with E-state index in [9.17, 15) is 9.18 Å². The monoisotopic (exact) mass is 349 g/mol. The van der Waals surface area contributed by atoms with Crippen molar-refractivity contribution in [1.82, 2.24) is 15.4 Å². The number of piperidine rings is 1. The van der Waals surface area contributed by atoms with E-state index >= 15 is 0 Å². The molecule has 6 nitrogen and oxygen atoms in total. The van der Waals surface area contributed by atoms with Gasteiger partial charge in [-0.2, -0.15) is 0 Å². The highest BCUT2D eigenvalue weighted by molar-refractivity contribution is 5.79. The zero-order valence-electron chi connectivity index (χ0n) is 14.6. The second-order valence-electron chi connectivity index (χ2n) is 6.76. The lowest BCUT2D eigenvalue weighted by Crippen LogP contribution is -2.39. The lowest BCUT2D eigenvalue weighted by Gasteiger charge is -2.32. The molecular weight excluding hydrogens is 325 g/mol. The lowest BCUT2D eigenvalue weighted by atomic mass is 9.91. The summed E-state index contributed by atoms with van der Waals surface area (Å²) in [5.74, 6) is 0.387. The second-order valence-corrected chi connectivity index (χ2v) is 6.76. The van der Waals surface area contributed by atoms with Gasteiger partial charge in [0.15, 0.2) is 5.58 Å². The van der Waals surface area contributed by atoms with Crippen LogP contribution in [0.5, 0.6) is 0 Å². The van der Waals surface area contributed by atoms with Crippen molar-refractivity contribution < 1.29 is 18.4 Å². The number of rotatable bonds is 5. The molecular formula is C18H24FN3O3. The highest BCUT2D eigenvalue weighted by atomic mass is 19.1. The summed E-state index contributed by atoms with van der Waals surface area (Å²) in [7, 11) is 1.37. The Morgan fingerprint density at radius 2 is 2.24 bits per heavy atom. The molecule has 0 radical (unpaired) electrons. The number of nitrogens with zero attached hydrogens (tertiary/aromatic N) is 2. The van der Waals surface area contributed by atoms with E-state index < -0.39 is 0 Å². The first kappa shape index (κ1) is 17.7. The Morgan fingerprint density at radius 1 is 1.48 bits per heavy atom. The van der Waals surface area contributed by atoms with Gasteiger partial charge in [0.1, 0.15) is 5.82 Å². The summed E-state index contributed by atoms with van der Waals surface area (Å²) in [5.41, 5.74) is 1.45. The summed E-state index contributed by atoms with van der Waals surface area (Å²) >= 11 is 0. The van der Waals surface area contributed by atoms with Crippen LogP contribution in [0.25, 0.3) is 11.0 Å². The summed E-state index contributed by atoms with van der Waals surface area (Å²) < 4.78 is 23.1. The van der Waals surface area contributed by atoms with Gasteiger partial charge in [0.05, 0.1) is 12.8 Å². The molecule has 2 aromatic rings. The van der Waals surface area contributed by atoms with Gasteiger partial charge in [0, 0.05) is 30.5 Å². The number of benzene rings is 1. The summed E-state index contributed by atoms with van der Waals surface area (Å²) in [6, 6.07) is 4.59. The topological polar surface area (TPSA) is 67.6 Å². The van der Waals surface area contributed by atoms with Crippen LogP contribution in [0.4, 0.5) is 9.18 Å². The van der Waals surface area contributed by atoms with E-state index in [0.29, 0.717) is 24.0 Å². The minimum absolute atomic E-state index is 0.306. The number of hydrogen-bond acceptors (Lipinski definition) is 5. The number of carbonyl (C=O) groups is 1. The molecule has 1 aromatic heterocycles. The van der Waals surface area contributed by atoms with Crippen molar-refractivity contribution in [3.63, 3.8) is 0 Å². The van der Waals surface area contributed by atoms with Gasteiger partial charge in [0.25, 0.3) is 0 Å². The van der Waals surface area contributed by atoms with Gasteiger partial charge in [-0.25, -0.2) is 9.18 Å². The van der Waals surface area contributed by atoms with E-state index in [-0.39, 0.29) is 11.9 Å². The summed E-state index contributed by atoms with van der Waals surface area (Å²) in [6.07, 6.45) is 1.60. The van der Waals surface area contributed by atoms with E-state index in [1.54, 1.807) is 6.07 Å². The van der Waals surface area contributed by atoms with E-state index in [4.69, 9.17) is 4.52 Å². The van der Waals surface area contributed by atoms with Crippen LogP contribution >= 0.6 is 0 Å². The number of likely N-dealkylation sites (tertiary alicyclic amines) is 1. The van der Waals surface area contributed by atoms with Crippen LogP contribution in [0.3, 0.4) is 0 Å². The standard InChI is InChI=1S/C18H24FN3O3/c1-12(10-20-18(23)24-2)11-22-7-5-13(6-8-22)17-15-4-3-14(19)9-16(15)25-21-17/h3-4,9,12-13H,5-8,10-11H2,1-2H3,(H,20,23)/t12-/m0/s1. The van der Waals surface area contributed by atoms with E-state index in [0.717, 1.165) is 43.6 Å². The average molecular weight is 349 g/mol. The molecule has 1 aromatic carbocycles. The van der Waals surface area contributed by atoms with Crippen LogP contribution in [-0.4, -0.2) is 49.4 Å². The zero-order chi connectivity index (χ0) is 17.8. The van der Waals surface area contributed by atoms with Crippen molar-refractivity contribution >= 4 is 17.1 Å². The van der Waals surface area contributed by atoms with Gasteiger partial charge in [0.2, 0.25) is 0 Å². The number of halogens is 1. The number of nitrogens with one attached hydrogen (secondary N) is 1. The molecule has 2 heterocycles. The van der Waals surface area contributed by atoms with Crippen LogP contribution in [0.1, 0.15) is 31.4 Å². The molecule has 1 fully saturated rings. The highest BCUT2D eigenvalue weighted by Gasteiger charge is 2.25. The molecule has 0 aliphatic carbocycles. The third-order valence-electron chi connectivity index (χ3n) is 4.79. The quantitative estimate of drug-likeness (QED) is 0.898. The van der Waals surface area contributed by atoms with Gasteiger partial charge in [-0.15, -0.1) is 0 Å². The summed E-state index contributed by atoms with van der Waals surface area (Å²) in [4.78, 5) is 13.5. The third kappa shape index (κ3) is 4.28. The number of hydrogen-bond donors (Lipinski definition) is 1. The van der Waals surface area contributed by atoms with Crippen molar-refractivity contribution in [1.29, 1.82) is 0 Å². The fraction of sp³-hybridized carbons (Fsp3) is 0.556. The first-order valence-electron chi connectivity index (χ1n) is 8.66. The molecule has 1 N–H and O–H groups in total. The largest absolute Gasteiger partial charge is 0.453 e. The van der Waals surface area contributed by atoms with Crippen molar-refractivity contribution in [2.75, 3.05) is 33.3 Å². The molecule has 0 bridgehead atoms. The average Bonchev–Trinajstić information content (AvgIpc) is 3.03. The highest BCUT2D eigenvalue weighted by Crippen LogP contribution is 2.32. The maximum Gasteiger partial charge on any atom is 0.406 e. The van der Waals surface area contributed by atoms with Crippen LogP contribution < -0.4 is 5.32 Å². The van der Waals surface area contributed by atoms with Gasteiger partial charge in [-0.1, -0.05) is 12.1 Å². The summed E-state index contributed by atoms with van der Waals surface area (Å²) in [5, 5.41) is 7.83. The third-order valence-corrected chi connectivity index (χ3v) is 4.79. The lowest BCUT2D eigenvalue weighted by molar-refractivity contribution is 0.161. The minimum Gasteiger partial charge on any atom is -0.453 e. The van der Waals surface area contributed by atoms with E-state index in [1.807, 2.05) is 0 Å². The molecule has 3 rings (SSSR count). The fourth-order valence-electron chi connectivity index (χ4n) is 3.45. The zero-order valence-corrected chi connectivity index (χ0v) is 14.6. The van der Waals surface area contributed by atoms with E-state index in [2.05, 4.69) is 27.0 Å². The molecule has 25 heavy (non-hydrogen) atoms. The molecule has 0 spiro atoms. The van der Waals surface area contributed by atoms with Crippen molar-refractivity contribution in [2.45, 2.75) is 25.7 Å². The number of amides is 1. The summed E-state index contributed by atoms with van der Waals surface area (Å²) in [6.45, 7) is 5.60. The first-order chi connectivity index (χ1) is 12.1. The van der Waals surface area contributed by atoms with Crippen LogP contribution in [0, 0.1) is 11.7 Å². The number of carbonyl (C=O) groups excluding carboxylic acids is 1. The van der Waals surface area contributed by atoms with Crippen LogP contribution in [0.2, 0.25) is 0 Å². The first-order valence-corrected chi connectivity index (χ1v) is 8.66. The predicted octanol–water partition coefficient (Wildman–Crippen LogP) is 3.14. The fourth-order valence-corrected chi connectivity index (χ4v) is 3.45. The van der Waals surface area contributed by atoms with Crippen LogP contribution in [-0.2, 0) is 4.74 Å². The van der Waals surface area contributed by atoms with Gasteiger partial charge in [-0.3, -0.25) is 0 Å². The smallest absolute Gasteiger partial charge is 0.406 e. The Bertz CT molecular complexity index is 725. The Balaban J connectivity index is 1.52. The number of fused-ring (bicyclic) bond motifs is 1. The minimum atomic E-state index is -0.389. The maximum atomic E-state index is 13.3. The number of aromatic nitrogens is 1. The van der Waals surface area contributed by atoms with Crippen molar-refractivity contribution in [3.05, 3.63) is 29.7 Å². The van der Waals surface area contributed by atoms with Gasteiger partial charge < -0.3 is 19.5 Å². The van der Waals surface area contributed by atoms with Crippen LogP contribution in [0.15, 0.2) is 22.7 Å². The Hall–Kier alpha value is -2.15. The number of alkyl carbamates (subject to hydrolysis) is 1.